The molecule has 0 spiro atoms. The highest BCUT2D eigenvalue weighted by molar-refractivity contribution is 7.99. The average Bonchev–Trinajstić information content (AvgIpc) is 3.16. The van der Waals surface area contributed by atoms with E-state index in [2.05, 4.69) is 20.8 Å². The molecular weight excluding hydrogens is 446 g/mol. The molecule has 0 atom stereocenters. The molecule has 0 saturated heterocycles. The number of aryl methyl sites for hydroxylation is 2. The van der Waals surface area contributed by atoms with Gasteiger partial charge in [-0.25, -0.2) is 0 Å². The standard InChI is InChI=1S/C23H20ClN5O2S/c1-14-4-3-5-17(10-14)25-22(31)16-7-9-20-27-28-23(29(20)12-16)32-13-21(30)26-19-8-6-15(2)11-18(19)24/h3-12H,13H2,1-2H3,(H,25,31)(H,26,30). The highest BCUT2D eigenvalue weighted by Crippen LogP contribution is 2.24. The summed E-state index contributed by atoms with van der Waals surface area (Å²) in [6.07, 6.45) is 1.66. The number of nitrogens with zero attached hydrogens (tertiary/aromatic N) is 3. The molecule has 2 aromatic heterocycles. The summed E-state index contributed by atoms with van der Waals surface area (Å²) in [5.74, 6) is -0.343. The number of amides is 2. The van der Waals surface area contributed by atoms with E-state index in [4.69, 9.17) is 11.6 Å². The smallest absolute Gasteiger partial charge is 0.257 e. The van der Waals surface area contributed by atoms with Crippen LogP contribution in [0.4, 0.5) is 11.4 Å². The van der Waals surface area contributed by atoms with Crippen LogP contribution in [0.3, 0.4) is 0 Å². The molecule has 32 heavy (non-hydrogen) atoms. The Hall–Kier alpha value is -3.36. The minimum atomic E-state index is -0.242. The van der Waals surface area contributed by atoms with Gasteiger partial charge in [-0.15, -0.1) is 10.2 Å². The molecule has 0 fully saturated rings. The molecule has 2 heterocycles. The number of thioether (sulfide) groups is 1. The Morgan fingerprint density at radius 3 is 2.59 bits per heavy atom. The largest absolute Gasteiger partial charge is 0.324 e. The average molecular weight is 466 g/mol. The van der Waals surface area contributed by atoms with Crippen LogP contribution in [-0.4, -0.2) is 32.2 Å². The number of nitrogens with one attached hydrogen (secondary N) is 2. The summed E-state index contributed by atoms with van der Waals surface area (Å²) >= 11 is 7.40. The van der Waals surface area contributed by atoms with Gasteiger partial charge in [0.1, 0.15) is 0 Å². The second-order valence-corrected chi connectivity index (χ2v) is 8.62. The molecule has 0 aliphatic carbocycles. The summed E-state index contributed by atoms with van der Waals surface area (Å²) in [7, 11) is 0. The van der Waals surface area contributed by atoms with Gasteiger partial charge in [-0.05, 0) is 61.4 Å². The summed E-state index contributed by atoms with van der Waals surface area (Å²) in [6.45, 7) is 3.89. The maximum Gasteiger partial charge on any atom is 0.257 e. The molecule has 162 valence electrons. The Bertz CT molecular complexity index is 1320. The van der Waals surface area contributed by atoms with E-state index < -0.39 is 0 Å². The second kappa shape index (κ2) is 9.42. The van der Waals surface area contributed by atoms with Crippen LogP contribution in [0, 0.1) is 13.8 Å². The van der Waals surface area contributed by atoms with Gasteiger partial charge in [-0.3, -0.25) is 14.0 Å². The lowest BCUT2D eigenvalue weighted by Gasteiger charge is -2.08. The van der Waals surface area contributed by atoms with Crippen molar-refractivity contribution < 1.29 is 9.59 Å². The number of benzene rings is 2. The van der Waals surface area contributed by atoms with Crippen LogP contribution in [0.25, 0.3) is 5.65 Å². The number of fused-ring (bicyclic) bond motifs is 1. The molecule has 0 saturated carbocycles. The van der Waals surface area contributed by atoms with E-state index in [1.807, 2.05) is 44.2 Å². The maximum atomic E-state index is 12.7. The van der Waals surface area contributed by atoms with Crippen molar-refractivity contribution in [2.75, 3.05) is 16.4 Å². The number of halogens is 1. The van der Waals surface area contributed by atoms with Crippen molar-refractivity contribution >= 4 is 52.2 Å². The first-order valence-corrected chi connectivity index (χ1v) is 11.2. The number of carbonyl (C=O) groups is 2. The van der Waals surface area contributed by atoms with Gasteiger partial charge in [0, 0.05) is 11.9 Å². The molecule has 0 radical (unpaired) electrons. The molecular formula is C23H20ClN5O2S. The van der Waals surface area contributed by atoms with Gasteiger partial charge in [-0.2, -0.15) is 0 Å². The third-order valence-corrected chi connectivity index (χ3v) is 5.90. The van der Waals surface area contributed by atoms with Crippen molar-refractivity contribution in [2.24, 2.45) is 0 Å². The minimum Gasteiger partial charge on any atom is -0.324 e. The van der Waals surface area contributed by atoms with Gasteiger partial charge in [0.15, 0.2) is 10.8 Å². The molecule has 0 unspecified atom stereocenters. The molecule has 2 N–H and O–H groups in total. The van der Waals surface area contributed by atoms with Gasteiger partial charge in [0.25, 0.3) is 5.91 Å². The van der Waals surface area contributed by atoms with E-state index in [0.717, 1.165) is 16.8 Å². The van der Waals surface area contributed by atoms with Crippen LogP contribution in [0.1, 0.15) is 21.5 Å². The first kappa shape index (κ1) is 21.9. The van der Waals surface area contributed by atoms with E-state index in [1.54, 1.807) is 34.9 Å². The van der Waals surface area contributed by atoms with Crippen molar-refractivity contribution in [3.8, 4) is 0 Å². The number of hydrogen-bond donors (Lipinski definition) is 2. The lowest BCUT2D eigenvalue weighted by molar-refractivity contribution is -0.113. The third-order valence-electron chi connectivity index (χ3n) is 4.64. The summed E-state index contributed by atoms with van der Waals surface area (Å²) in [4.78, 5) is 25.1. The van der Waals surface area contributed by atoms with Crippen LogP contribution in [0.5, 0.6) is 0 Å². The van der Waals surface area contributed by atoms with Crippen LogP contribution >= 0.6 is 23.4 Å². The highest BCUT2D eigenvalue weighted by Gasteiger charge is 2.13. The number of carbonyl (C=O) groups excluding carboxylic acids is 2. The Morgan fingerprint density at radius 1 is 1.00 bits per heavy atom. The van der Waals surface area contributed by atoms with Crippen molar-refractivity contribution in [3.05, 3.63) is 82.5 Å². The number of hydrogen-bond acceptors (Lipinski definition) is 5. The van der Waals surface area contributed by atoms with Crippen molar-refractivity contribution in [2.45, 2.75) is 19.0 Å². The van der Waals surface area contributed by atoms with E-state index in [-0.39, 0.29) is 17.6 Å². The Balaban J connectivity index is 1.45. The predicted molar refractivity (Wildman–Crippen MR) is 128 cm³/mol. The molecule has 9 heteroatoms. The quantitative estimate of drug-likeness (QED) is 0.392. The lowest BCUT2D eigenvalue weighted by Crippen LogP contribution is -2.15. The molecule has 0 bridgehead atoms. The van der Waals surface area contributed by atoms with Crippen LogP contribution in [-0.2, 0) is 4.79 Å². The van der Waals surface area contributed by atoms with Crippen LogP contribution in [0.2, 0.25) is 5.02 Å². The fourth-order valence-electron chi connectivity index (χ4n) is 3.07. The Labute approximate surface area is 194 Å². The lowest BCUT2D eigenvalue weighted by atomic mass is 10.2. The molecule has 4 rings (SSSR count). The summed E-state index contributed by atoms with van der Waals surface area (Å²) in [5, 5.41) is 14.9. The fourth-order valence-corrected chi connectivity index (χ4v) is 4.07. The maximum absolute atomic E-state index is 12.7. The van der Waals surface area contributed by atoms with Crippen LogP contribution < -0.4 is 10.6 Å². The normalized spacial score (nSPS) is 10.8. The number of anilines is 2. The molecule has 0 aliphatic heterocycles. The zero-order valence-electron chi connectivity index (χ0n) is 17.4. The van der Waals surface area contributed by atoms with Crippen molar-refractivity contribution in [3.63, 3.8) is 0 Å². The molecule has 2 aromatic carbocycles. The van der Waals surface area contributed by atoms with Crippen molar-refractivity contribution in [1.29, 1.82) is 0 Å². The first-order valence-electron chi connectivity index (χ1n) is 9.80. The van der Waals surface area contributed by atoms with Gasteiger partial charge >= 0.3 is 0 Å². The van der Waals surface area contributed by atoms with E-state index >= 15 is 0 Å². The summed E-state index contributed by atoms with van der Waals surface area (Å²) < 4.78 is 1.70. The third kappa shape index (κ3) is 5.09. The first-order chi connectivity index (χ1) is 15.4. The SMILES string of the molecule is Cc1cccc(NC(=O)c2ccc3nnc(SCC(=O)Nc4ccc(C)cc4Cl)n3c2)c1. The predicted octanol–water partition coefficient (Wildman–Crippen LogP) is 4.98. The van der Waals surface area contributed by atoms with Gasteiger partial charge in [-0.1, -0.05) is 41.6 Å². The molecule has 2 amide bonds. The number of rotatable bonds is 6. The second-order valence-electron chi connectivity index (χ2n) is 7.27. The fraction of sp³-hybridized carbons (Fsp3) is 0.130. The zero-order valence-corrected chi connectivity index (χ0v) is 19.0. The number of aromatic nitrogens is 3. The zero-order chi connectivity index (χ0) is 22.7. The van der Waals surface area contributed by atoms with Gasteiger partial charge in [0.2, 0.25) is 5.91 Å². The Morgan fingerprint density at radius 2 is 1.81 bits per heavy atom. The molecule has 7 nitrogen and oxygen atoms in total. The van der Waals surface area contributed by atoms with Gasteiger partial charge < -0.3 is 10.6 Å². The topological polar surface area (TPSA) is 88.4 Å². The molecule has 0 aliphatic rings. The minimum absolute atomic E-state index is 0.116. The van der Waals surface area contributed by atoms with E-state index in [1.165, 1.54) is 11.8 Å². The monoisotopic (exact) mass is 465 g/mol. The van der Waals surface area contributed by atoms with Crippen LogP contribution in [0.15, 0.2) is 66.0 Å². The van der Waals surface area contributed by atoms with E-state index in [9.17, 15) is 9.59 Å². The molecule has 4 aromatic rings. The Kier molecular flexibility index (Phi) is 6.43. The van der Waals surface area contributed by atoms with Crippen molar-refractivity contribution in [1.82, 2.24) is 14.6 Å². The van der Waals surface area contributed by atoms with Gasteiger partial charge in [0.05, 0.1) is 22.0 Å². The number of pyridine rings is 1. The highest BCUT2D eigenvalue weighted by atomic mass is 35.5. The van der Waals surface area contributed by atoms with E-state index in [0.29, 0.717) is 27.1 Å². The summed E-state index contributed by atoms with van der Waals surface area (Å²) in [6, 6.07) is 16.4. The summed E-state index contributed by atoms with van der Waals surface area (Å²) in [5.41, 5.74) is 4.39.